The highest BCUT2D eigenvalue weighted by Crippen LogP contribution is 2.25. The normalized spacial score (nSPS) is 27.4. The van der Waals surface area contributed by atoms with Crippen molar-refractivity contribution in [1.82, 2.24) is 25.3 Å². The molecule has 0 bridgehead atoms. The van der Waals surface area contributed by atoms with Gasteiger partial charge < -0.3 is 19.6 Å². The Hall–Kier alpha value is -0.980. The zero-order chi connectivity index (χ0) is 14.1. The monoisotopic (exact) mass is 279 g/mol. The lowest BCUT2D eigenvalue weighted by atomic mass is 9.89. The van der Waals surface area contributed by atoms with Gasteiger partial charge in [-0.2, -0.15) is 4.98 Å². The minimum absolute atomic E-state index is 0.365. The number of nitrogens with one attached hydrogen (secondary N) is 1. The molecular formula is C14H25N5O. The second kappa shape index (κ2) is 5.79. The highest BCUT2D eigenvalue weighted by Gasteiger charge is 2.30. The third kappa shape index (κ3) is 2.87. The number of likely N-dealkylation sites (N-methyl/N-ethyl adjacent to an activating group) is 2. The Morgan fingerprint density at radius 2 is 2.15 bits per heavy atom. The second-order valence-electron chi connectivity index (χ2n) is 6.36. The van der Waals surface area contributed by atoms with E-state index in [9.17, 15) is 0 Å². The van der Waals surface area contributed by atoms with Crippen LogP contribution in [0.4, 0.5) is 0 Å². The van der Waals surface area contributed by atoms with Gasteiger partial charge in [0, 0.05) is 38.0 Å². The van der Waals surface area contributed by atoms with Crippen LogP contribution >= 0.6 is 0 Å². The van der Waals surface area contributed by atoms with E-state index < -0.39 is 0 Å². The first-order valence-corrected chi connectivity index (χ1v) is 7.55. The Bertz CT molecular complexity index is 445. The van der Waals surface area contributed by atoms with E-state index in [4.69, 9.17) is 4.52 Å². The van der Waals surface area contributed by atoms with Crippen molar-refractivity contribution in [3.05, 3.63) is 11.7 Å². The standard InChI is InChI=1S/C14H25N5O/c1-10(11-7-15-8-11)14-16-13(17-20-14)6-12-9-18(2)4-5-19(12)3/h10-12,15H,4-9H2,1-3H3. The van der Waals surface area contributed by atoms with Crippen molar-refractivity contribution in [3.63, 3.8) is 0 Å². The quantitative estimate of drug-likeness (QED) is 0.848. The summed E-state index contributed by atoms with van der Waals surface area (Å²) in [5, 5.41) is 7.47. The summed E-state index contributed by atoms with van der Waals surface area (Å²) in [5.41, 5.74) is 0. The summed E-state index contributed by atoms with van der Waals surface area (Å²) < 4.78 is 5.47. The fraction of sp³-hybridized carbons (Fsp3) is 0.857. The van der Waals surface area contributed by atoms with E-state index in [1.165, 1.54) is 0 Å². The maximum Gasteiger partial charge on any atom is 0.229 e. The molecule has 6 nitrogen and oxygen atoms in total. The molecule has 3 heterocycles. The van der Waals surface area contributed by atoms with Crippen molar-refractivity contribution in [2.24, 2.45) is 5.92 Å². The van der Waals surface area contributed by atoms with Crippen LogP contribution in [0.5, 0.6) is 0 Å². The van der Waals surface area contributed by atoms with Crippen molar-refractivity contribution < 1.29 is 4.52 Å². The molecule has 2 aliphatic heterocycles. The van der Waals surface area contributed by atoms with Gasteiger partial charge in [0.2, 0.25) is 5.89 Å². The lowest BCUT2D eigenvalue weighted by Gasteiger charge is -2.37. The van der Waals surface area contributed by atoms with E-state index in [0.29, 0.717) is 17.9 Å². The lowest BCUT2D eigenvalue weighted by molar-refractivity contribution is 0.113. The number of hydrogen-bond acceptors (Lipinski definition) is 6. The first kappa shape index (κ1) is 14.0. The van der Waals surface area contributed by atoms with Gasteiger partial charge in [0.15, 0.2) is 5.82 Å². The Labute approximate surface area is 120 Å². The Kier molecular flexibility index (Phi) is 4.05. The van der Waals surface area contributed by atoms with Crippen molar-refractivity contribution in [2.45, 2.75) is 25.3 Å². The highest BCUT2D eigenvalue weighted by molar-refractivity contribution is 5.00. The van der Waals surface area contributed by atoms with Crippen molar-refractivity contribution in [1.29, 1.82) is 0 Å². The molecule has 2 fully saturated rings. The third-order valence-electron chi connectivity index (χ3n) is 4.79. The molecule has 1 aromatic rings. The minimum atomic E-state index is 0.365. The van der Waals surface area contributed by atoms with Crippen LogP contribution in [0.25, 0.3) is 0 Å². The van der Waals surface area contributed by atoms with Crippen LogP contribution in [0, 0.1) is 5.92 Å². The maximum absolute atomic E-state index is 5.47. The van der Waals surface area contributed by atoms with Gasteiger partial charge in [0.1, 0.15) is 0 Å². The highest BCUT2D eigenvalue weighted by atomic mass is 16.5. The molecule has 1 aromatic heterocycles. The average molecular weight is 279 g/mol. The van der Waals surface area contributed by atoms with Crippen molar-refractivity contribution >= 4 is 0 Å². The first-order valence-electron chi connectivity index (χ1n) is 7.55. The Morgan fingerprint density at radius 1 is 1.35 bits per heavy atom. The number of rotatable bonds is 4. The van der Waals surface area contributed by atoms with E-state index in [0.717, 1.165) is 50.9 Å². The van der Waals surface area contributed by atoms with E-state index in [-0.39, 0.29) is 0 Å². The number of nitrogens with zero attached hydrogens (tertiary/aromatic N) is 4. The van der Waals surface area contributed by atoms with E-state index in [1.807, 2.05) is 0 Å². The molecule has 0 saturated carbocycles. The summed E-state index contributed by atoms with van der Waals surface area (Å²) in [5.74, 6) is 2.67. The molecule has 0 radical (unpaired) electrons. The SMILES string of the molecule is CC(c1nc(CC2CN(C)CCN2C)no1)C1CNC1. The molecule has 2 unspecified atom stereocenters. The zero-order valence-electron chi connectivity index (χ0n) is 12.7. The van der Waals surface area contributed by atoms with Gasteiger partial charge in [0.25, 0.3) is 0 Å². The van der Waals surface area contributed by atoms with Crippen molar-refractivity contribution in [3.8, 4) is 0 Å². The molecule has 0 aromatic carbocycles. The van der Waals surface area contributed by atoms with Crippen LogP contribution in [0.1, 0.15) is 24.6 Å². The Balaban J connectivity index is 1.61. The zero-order valence-corrected chi connectivity index (χ0v) is 12.7. The van der Waals surface area contributed by atoms with Gasteiger partial charge in [-0.05, 0) is 33.1 Å². The van der Waals surface area contributed by atoms with E-state index >= 15 is 0 Å². The molecule has 20 heavy (non-hydrogen) atoms. The first-order chi connectivity index (χ1) is 9.63. The van der Waals surface area contributed by atoms with Gasteiger partial charge in [-0.15, -0.1) is 0 Å². The van der Waals surface area contributed by atoms with Crippen LogP contribution in [-0.2, 0) is 6.42 Å². The number of piperazine rings is 1. The molecular weight excluding hydrogens is 254 g/mol. The Morgan fingerprint density at radius 3 is 2.85 bits per heavy atom. The largest absolute Gasteiger partial charge is 0.339 e. The van der Waals surface area contributed by atoms with Crippen LogP contribution in [-0.4, -0.2) is 72.8 Å². The fourth-order valence-corrected chi connectivity index (χ4v) is 2.93. The summed E-state index contributed by atoms with van der Waals surface area (Å²) in [6, 6.07) is 0.486. The van der Waals surface area contributed by atoms with E-state index in [2.05, 4.69) is 46.3 Å². The summed E-state index contributed by atoms with van der Waals surface area (Å²) in [4.78, 5) is 9.38. The molecule has 2 aliphatic rings. The predicted molar refractivity (Wildman–Crippen MR) is 76.7 cm³/mol. The minimum Gasteiger partial charge on any atom is -0.339 e. The summed E-state index contributed by atoms with van der Waals surface area (Å²) in [6.45, 7) is 7.63. The van der Waals surface area contributed by atoms with E-state index in [1.54, 1.807) is 0 Å². The van der Waals surface area contributed by atoms with Crippen LogP contribution in [0.2, 0.25) is 0 Å². The second-order valence-corrected chi connectivity index (χ2v) is 6.36. The van der Waals surface area contributed by atoms with Gasteiger partial charge in [-0.1, -0.05) is 12.1 Å². The van der Waals surface area contributed by atoms with Gasteiger partial charge in [0.05, 0.1) is 0 Å². The molecule has 2 atom stereocenters. The topological polar surface area (TPSA) is 57.4 Å². The summed E-state index contributed by atoms with van der Waals surface area (Å²) in [7, 11) is 4.36. The molecule has 0 aliphatic carbocycles. The molecule has 112 valence electrons. The van der Waals surface area contributed by atoms with Crippen LogP contribution in [0.3, 0.4) is 0 Å². The molecule has 3 rings (SSSR count). The molecule has 1 N–H and O–H groups in total. The van der Waals surface area contributed by atoms with Crippen LogP contribution in [0.15, 0.2) is 4.52 Å². The predicted octanol–water partition coefficient (Wildman–Crippen LogP) is 0.181. The molecule has 0 amide bonds. The molecule has 2 saturated heterocycles. The van der Waals surface area contributed by atoms with Gasteiger partial charge in [-0.3, -0.25) is 0 Å². The van der Waals surface area contributed by atoms with Gasteiger partial charge >= 0.3 is 0 Å². The average Bonchev–Trinajstić information content (AvgIpc) is 2.80. The lowest BCUT2D eigenvalue weighted by Crippen LogP contribution is -2.50. The fourth-order valence-electron chi connectivity index (χ4n) is 2.93. The summed E-state index contributed by atoms with van der Waals surface area (Å²) >= 11 is 0. The maximum atomic E-state index is 5.47. The number of hydrogen-bond donors (Lipinski definition) is 1. The molecule has 6 heteroatoms. The third-order valence-corrected chi connectivity index (χ3v) is 4.79. The smallest absolute Gasteiger partial charge is 0.229 e. The number of aromatic nitrogens is 2. The summed E-state index contributed by atoms with van der Waals surface area (Å²) in [6.07, 6.45) is 0.875. The van der Waals surface area contributed by atoms with Crippen molar-refractivity contribution in [2.75, 3.05) is 46.8 Å². The van der Waals surface area contributed by atoms with Crippen LogP contribution < -0.4 is 5.32 Å². The van der Waals surface area contributed by atoms with Gasteiger partial charge in [-0.25, -0.2) is 0 Å². The molecule has 0 spiro atoms.